The van der Waals surface area contributed by atoms with Crippen LogP contribution in [0.3, 0.4) is 0 Å². The maximum atomic E-state index is 11.8. The molecule has 2 rings (SSSR count). The lowest BCUT2D eigenvalue weighted by molar-refractivity contribution is -0.156. The fourth-order valence-electron chi connectivity index (χ4n) is 3.42. The number of hydrogen-bond donors (Lipinski definition) is 2. The van der Waals surface area contributed by atoms with Crippen molar-refractivity contribution in [2.24, 2.45) is 5.41 Å². The van der Waals surface area contributed by atoms with Crippen LogP contribution < -0.4 is 0 Å². The van der Waals surface area contributed by atoms with Crippen LogP contribution in [0, 0.1) is 5.41 Å². The summed E-state index contributed by atoms with van der Waals surface area (Å²) in [5.74, 6) is -1.98. The molecule has 0 saturated heterocycles. The average molecular weight is 290 g/mol. The van der Waals surface area contributed by atoms with Crippen molar-refractivity contribution < 1.29 is 24.6 Å². The van der Waals surface area contributed by atoms with Gasteiger partial charge in [0.25, 0.3) is 0 Å². The number of carbonyl (C=O) groups is 3. The number of aromatic carboxylic acids is 1. The zero-order chi connectivity index (χ0) is 15.8. The van der Waals surface area contributed by atoms with Gasteiger partial charge in [0.15, 0.2) is 0 Å². The number of benzene rings is 1. The second-order valence-corrected chi connectivity index (χ2v) is 6.06. The zero-order valence-corrected chi connectivity index (χ0v) is 12.0. The Labute approximate surface area is 122 Å². The van der Waals surface area contributed by atoms with Crippen LogP contribution in [0.4, 0.5) is 0 Å². The Bertz CT molecular complexity index is 617. The molecule has 0 spiro atoms. The van der Waals surface area contributed by atoms with Gasteiger partial charge in [-0.3, -0.25) is 4.79 Å². The van der Waals surface area contributed by atoms with Crippen molar-refractivity contribution >= 4 is 18.2 Å². The summed E-state index contributed by atoms with van der Waals surface area (Å²) in [5, 5.41) is 18.7. The topological polar surface area (TPSA) is 91.7 Å². The standard InChI is InChI=1S/C16H18O5/c1-15(2)12-4-3-11(13(18)19)9-10(12)5-6-16(15,7-8-17)14(20)21/h3-4,8-9H,5-7H2,1-2H3,(H,18,19)(H,20,21). The fraction of sp³-hybridized carbons (Fsp3) is 0.438. The lowest BCUT2D eigenvalue weighted by Crippen LogP contribution is -2.51. The van der Waals surface area contributed by atoms with Gasteiger partial charge in [-0.25, -0.2) is 4.79 Å². The Morgan fingerprint density at radius 1 is 1.29 bits per heavy atom. The molecule has 0 radical (unpaired) electrons. The van der Waals surface area contributed by atoms with Gasteiger partial charge >= 0.3 is 11.9 Å². The van der Waals surface area contributed by atoms with Gasteiger partial charge in [-0.1, -0.05) is 19.9 Å². The third-order valence-corrected chi connectivity index (χ3v) is 4.88. The van der Waals surface area contributed by atoms with E-state index in [1.54, 1.807) is 12.1 Å². The number of rotatable bonds is 4. The maximum absolute atomic E-state index is 11.8. The second kappa shape index (κ2) is 4.98. The van der Waals surface area contributed by atoms with Crippen LogP contribution in [0.25, 0.3) is 0 Å². The predicted octanol–water partition coefficient (Wildman–Crippen LogP) is 2.27. The Balaban J connectivity index is 2.60. The molecule has 0 aliphatic heterocycles. The number of carbonyl (C=O) groups excluding carboxylic acids is 1. The first-order valence-corrected chi connectivity index (χ1v) is 6.80. The van der Waals surface area contributed by atoms with Crippen LogP contribution in [-0.2, 0) is 21.4 Å². The van der Waals surface area contributed by atoms with Crippen LogP contribution in [0.15, 0.2) is 18.2 Å². The van der Waals surface area contributed by atoms with E-state index in [0.717, 1.165) is 11.1 Å². The quantitative estimate of drug-likeness (QED) is 0.830. The van der Waals surface area contributed by atoms with E-state index in [4.69, 9.17) is 5.11 Å². The van der Waals surface area contributed by atoms with Crippen molar-refractivity contribution in [3.63, 3.8) is 0 Å². The van der Waals surface area contributed by atoms with Crippen molar-refractivity contribution in [1.82, 2.24) is 0 Å². The first-order chi connectivity index (χ1) is 9.76. The normalized spacial score (nSPS) is 23.1. The molecule has 1 aromatic carbocycles. The summed E-state index contributed by atoms with van der Waals surface area (Å²) >= 11 is 0. The van der Waals surface area contributed by atoms with Gasteiger partial charge in [-0.05, 0) is 36.1 Å². The Morgan fingerprint density at radius 3 is 2.48 bits per heavy atom. The van der Waals surface area contributed by atoms with Crippen molar-refractivity contribution in [2.45, 2.75) is 38.5 Å². The molecule has 1 aromatic rings. The van der Waals surface area contributed by atoms with Crippen molar-refractivity contribution in [3.8, 4) is 0 Å². The van der Waals surface area contributed by atoms with Crippen molar-refractivity contribution in [2.75, 3.05) is 0 Å². The predicted molar refractivity (Wildman–Crippen MR) is 75.5 cm³/mol. The minimum atomic E-state index is -1.15. The van der Waals surface area contributed by atoms with Crippen LogP contribution in [0.2, 0.25) is 0 Å². The molecule has 1 atom stereocenters. The average Bonchev–Trinajstić information content (AvgIpc) is 2.41. The summed E-state index contributed by atoms with van der Waals surface area (Å²) in [6.07, 6.45) is 1.39. The van der Waals surface area contributed by atoms with E-state index in [0.29, 0.717) is 19.1 Å². The number of aryl methyl sites for hydroxylation is 1. The Morgan fingerprint density at radius 2 is 1.95 bits per heavy atom. The lowest BCUT2D eigenvalue weighted by Gasteiger charge is -2.47. The van der Waals surface area contributed by atoms with Gasteiger partial charge < -0.3 is 15.0 Å². The van der Waals surface area contributed by atoms with E-state index in [1.807, 2.05) is 13.8 Å². The van der Waals surface area contributed by atoms with Crippen LogP contribution in [-0.4, -0.2) is 28.4 Å². The smallest absolute Gasteiger partial charge is 0.335 e. The van der Waals surface area contributed by atoms with Gasteiger partial charge in [-0.15, -0.1) is 0 Å². The first-order valence-electron chi connectivity index (χ1n) is 6.80. The highest BCUT2D eigenvalue weighted by Crippen LogP contribution is 2.52. The largest absolute Gasteiger partial charge is 0.481 e. The van der Waals surface area contributed by atoms with E-state index in [2.05, 4.69) is 0 Å². The molecule has 2 N–H and O–H groups in total. The van der Waals surface area contributed by atoms with Gasteiger partial charge in [0, 0.05) is 11.8 Å². The summed E-state index contributed by atoms with van der Waals surface area (Å²) in [6, 6.07) is 4.77. The summed E-state index contributed by atoms with van der Waals surface area (Å²) in [6.45, 7) is 3.62. The second-order valence-electron chi connectivity index (χ2n) is 6.06. The minimum Gasteiger partial charge on any atom is -0.481 e. The maximum Gasteiger partial charge on any atom is 0.335 e. The molecule has 5 nitrogen and oxygen atoms in total. The molecule has 0 fully saturated rings. The zero-order valence-electron chi connectivity index (χ0n) is 12.0. The lowest BCUT2D eigenvalue weighted by atomic mass is 9.54. The fourth-order valence-corrected chi connectivity index (χ4v) is 3.42. The molecule has 1 aliphatic carbocycles. The Hall–Kier alpha value is -2.17. The number of aldehydes is 1. The number of fused-ring (bicyclic) bond motifs is 1. The third-order valence-electron chi connectivity index (χ3n) is 4.88. The summed E-state index contributed by atoms with van der Waals surface area (Å²) in [4.78, 5) is 33.8. The van der Waals surface area contributed by atoms with Crippen LogP contribution in [0.1, 0.15) is 48.2 Å². The Kier molecular flexibility index (Phi) is 3.61. The minimum absolute atomic E-state index is 0.0462. The number of aliphatic carboxylic acids is 1. The number of carboxylic acid groups (broad SMARTS) is 2. The molecular weight excluding hydrogens is 272 g/mol. The van der Waals surface area contributed by atoms with E-state index in [9.17, 15) is 19.5 Å². The van der Waals surface area contributed by atoms with Crippen LogP contribution >= 0.6 is 0 Å². The first kappa shape index (κ1) is 15.2. The third kappa shape index (κ3) is 2.13. The highest BCUT2D eigenvalue weighted by Gasteiger charge is 2.54. The summed E-state index contributed by atoms with van der Waals surface area (Å²) < 4.78 is 0. The highest BCUT2D eigenvalue weighted by atomic mass is 16.4. The van der Waals surface area contributed by atoms with Gasteiger partial charge in [0.1, 0.15) is 6.29 Å². The molecule has 1 unspecified atom stereocenters. The van der Waals surface area contributed by atoms with E-state index in [1.165, 1.54) is 6.07 Å². The highest BCUT2D eigenvalue weighted by molar-refractivity contribution is 5.88. The van der Waals surface area contributed by atoms with E-state index >= 15 is 0 Å². The molecule has 5 heteroatoms. The number of hydrogen-bond acceptors (Lipinski definition) is 3. The van der Waals surface area contributed by atoms with Gasteiger partial charge in [0.2, 0.25) is 0 Å². The molecule has 0 aromatic heterocycles. The van der Waals surface area contributed by atoms with Crippen LogP contribution in [0.5, 0.6) is 0 Å². The number of carboxylic acids is 2. The van der Waals surface area contributed by atoms with Crippen molar-refractivity contribution in [3.05, 3.63) is 34.9 Å². The summed E-state index contributed by atoms with van der Waals surface area (Å²) in [5.41, 5.74) is -0.0370. The van der Waals surface area contributed by atoms with Gasteiger partial charge in [-0.2, -0.15) is 0 Å². The molecule has 0 heterocycles. The molecule has 112 valence electrons. The van der Waals surface area contributed by atoms with Gasteiger partial charge in [0.05, 0.1) is 11.0 Å². The van der Waals surface area contributed by atoms with Crippen molar-refractivity contribution in [1.29, 1.82) is 0 Å². The van der Waals surface area contributed by atoms with E-state index in [-0.39, 0.29) is 12.0 Å². The molecule has 1 aliphatic rings. The summed E-state index contributed by atoms with van der Waals surface area (Å²) in [7, 11) is 0. The molecule has 0 amide bonds. The molecule has 21 heavy (non-hydrogen) atoms. The molecule has 0 bridgehead atoms. The molecule has 0 saturated carbocycles. The monoisotopic (exact) mass is 290 g/mol. The SMILES string of the molecule is CC1(C)c2ccc(C(=O)O)cc2CCC1(CC=O)C(=O)O. The molecular formula is C16H18O5. The van der Waals surface area contributed by atoms with E-state index < -0.39 is 22.8 Å².